The minimum Gasteiger partial charge on any atom is -0.426 e. The molecule has 0 radical (unpaired) electrons. The van der Waals surface area contributed by atoms with Crippen molar-refractivity contribution in [3.05, 3.63) is 33.2 Å². The zero-order valence-corrected chi connectivity index (χ0v) is 13.1. The molecule has 0 unspecified atom stereocenters. The predicted octanol–water partition coefficient (Wildman–Crippen LogP) is 2.02. The summed E-state index contributed by atoms with van der Waals surface area (Å²) in [6, 6.07) is 1.47. The van der Waals surface area contributed by atoms with Gasteiger partial charge in [0, 0.05) is 12.6 Å². The summed E-state index contributed by atoms with van der Waals surface area (Å²) in [6.45, 7) is 2.88. The molecule has 21 heavy (non-hydrogen) atoms. The minimum atomic E-state index is -3.80. The second-order valence-corrected chi connectivity index (χ2v) is 7.54. The number of nitrogens with zero attached hydrogens (tertiary/aromatic N) is 1. The Kier molecular flexibility index (Phi) is 2.86. The first kappa shape index (κ1) is 14.0. The van der Waals surface area contributed by atoms with Crippen LogP contribution in [0.1, 0.15) is 23.0 Å². The van der Waals surface area contributed by atoms with E-state index in [-0.39, 0.29) is 27.7 Å². The molecule has 1 aliphatic heterocycles. The summed E-state index contributed by atoms with van der Waals surface area (Å²) >= 11 is 1.18. The van der Waals surface area contributed by atoms with Crippen LogP contribution in [0.25, 0.3) is 10.4 Å². The van der Waals surface area contributed by atoms with Gasteiger partial charge in [0.15, 0.2) is 5.78 Å². The molecule has 0 N–H and O–H groups in total. The fourth-order valence-electron chi connectivity index (χ4n) is 2.52. The number of carbonyl (C=O) groups is 1. The first-order chi connectivity index (χ1) is 9.76. The van der Waals surface area contributed by atoms with E-state index in [1.54, 1.807) is 5.38 Å². The van der Waals surface area contributed by atoms with E-state index in [1.807, 2.05) is 0 Å². The third kappa shape index (κ3) is 1.72. The van der Waals surface area contributed by atoms with E-state index < -0.39 is 15.6 Å². The number of ketones is 1. The summed E-state index contributed by atoms with van der Waals surface area (Å²) in [5.41, 5.74) is -0.285. The number of rotatable bonds is 1. The number of sulfonamides is 1. The quantitative estimate of drug-likeness (QED) is 0.749. The summed E-state index contributed by atoms with van der Waals surface area (Å²) < 4.78 is 30.8. The van der Waals surface area contributed by atoms with Gasteiger partial charge in [-0.2, -0.15) is 0 Å². The largest absolute Gasteiger partial charge is 0.426 e. The van der Waals surface area contributed by atoms with Crippen molar-refractivity contribution in [3.63, 3.8) is 0 Å². The van der Waals surface area contributed by atoms with E-state index >= 15 is 0 Å². The fourth-order valence-corrected chi connectivity index (χ4v) is 5.18. The summed E-state index contributed by atoms with van der Waals surface area (Å²) in [7, 11) is -2.51. The lowest BCUT2D eigenvalue weighted by Gasteiger charge is -2.27. The number of fused-ring (bicyclic) bond motifs is 3. The van der Waals surface area contributed by atoms with Crippen molar-refractivity contribution in [2.45, 2.75) is 18.7 Å². The standard InChI is InChI=1S/C13H11NO5S2/c1-6(15)9-7(2)19-13(16)11-10(9)12-8(4-5-20-12)21(17,18)14(11)3/h4-5H,1-3H3. The van der Waals surface area contributed by atoms with Gasteiger partial charge < -0.3 is 4.42 Å². The van der Waals surface area contributed by atoms with Crippen molar-refractivity contribution >= 4 is 32.8 Å². The van der Waals surface area contributed by atoms with Gasteiger partial charge in [-0.1, -0.05) is 0 Å². The molecule has 2 aromatic heterocycles. The normalized spacial score (nSPS) is 15.5. The van der Waals surface area contributed by atoms with Gasteiger partial charge in [-0.05, 0) is 25.3 Å². The van der Waals surface area contributed by atoms with Crippen LogP contribution in [-0.4, -0.2) is 21.2 Å². The van der Waals surface area contributed by atoms with Gasteiger partial charge in [0.1, 0.15) is 16.3 Å². The molecule has 0 saturated carbocycles. The van der Waals surface area contributed by atoms with Crippen LogP contribution in [0.4, 0.5) is 5.69 Å². The monoisotopic (exact) mass is 325 g/mol. The SMILES string of the molecule is CC(=O)c1c(C)oc(=O)c2c1-c1sccc1S(=O)(=O)N2C. The Hall–Kier alpha value is -1.93. The average Bonchev–Trinajstić information content (AvgIpc) is 2.85. The third-order valence-corrected chi connectivity index (χ3v) is 6.30. The highest BCUT2D eigenvalue weighted by Gasteiger charge is 2.39. The van der Waals surface area contributed by atoms with Crippen LogP contribution >= 0.6 is 11.3 Å². The lowest BCUT2D eigenvalue weighted by molar-refractivity contribution is 0.101. The van der Waals surface area contributed by atoms with Crippen molar-refractivity contribution in [3.8, 4) is 10.4 Å². The molecule has 8 heteroatoms. The van der Waals surface area contributed by atoms with Crippen molar-refractivity contribution < 1.29 is 17.6 Å². The van der Waals surface area contributed by atoms with E-state index in [9.17, 15) is 18.0 Å². The molecule has 110 valence electrons. The summed E-state index contributed by atoms with van der Waals surface area (Å²) in [5, 5.41) is 1.62. The van der Waals surface area contributed by atoms with Gasteiger partial charge in [-0.15, -0.1) is 11.3 Å². The molecular weight excluding hydrogens is 314 g/mol. The molecule has 1 aliphatic rings. The predicted molar refractivity (Wildman–Crippen MR) is 78.6 cm³/mol. The van der Waals surface area contributed by atoms with E-state index in [4.69, 9.17) is 4.42 Å². The molecule has 0 fully saturated rings. The number of aryl methyl sites for hydroxylation is 1. The second-order valence-electron chi connectivity index (χ2n) is 4.69. The molecule has 0 saturated heterocycles. The Morgan fingerprint density at radius 1 is 1.38 bits per heavy atom. The molecule has 0 atom stereocenters. The molecule has 6 nitrogen and oxygen atoms in total. The van der Waals surface area contributed by atoms with Crippen LogP contribution in [0.5, 0.6) is 0 Å². The zero-order chi connectivity index (χ0) is 15.5. The molecular formula is C13H11NO5S2. The van der Waals surface area contributed by atoms with Crippen LogP contribution < -0.4 is 9.93 Å². The third-order valence-electron chi connectivity index (χ3n) is 3.44. The van der Waals surface area contributed by atoms with Gasteiger partial charge in [-0.25, -0.2) is 13.2 Å². The highest BCUT2D eigenvalue weighted by molar-refractivity contribution is 7.93. The smallest absolute Gasteiger partial charge is 0.361 e. The Labute approximate surface area is 124 Å². The maximum absolute atomic E-state index is 12.4. The van der Waals surface area contributed by atoms with Gasteiger partial charge in [-0.3, -0.25) is 9.10 Å². The van der Waals surface area contributed by atoms with Gasteiger partial charge >= 0.3 is 5.63 Å². The van der Waals surface area contributed by atoms with E-state index in [1.165, 1.54) is 38.3 Å². The summed E-state index contributed by atoms with van der Waals surface area (Å²) in [4.78, 5) is 24.5. The van der Waals surface area contributed by atoms with Crippen LogP contribution in [0.15, 0.2) is 25.6 Å². The van der Waals surface area contributed by atoms with Crippen LogP contribution in [0.3, 0.4) is 0 Å². The number of hydrogen-bond acceptors (Lipinski definition) is 6. The molecule has 0 spiro atoms. The Morgan fingerprint density at radius 2 is 2.05 bits per heavy atom. The lowest BCUT2D eigenvalue weighted by Crippen LogP contribution is -2.34. The van der Waals surface area contributed by atoms with E-state index in [0.29, 0.717) is 10.4 Å². The summed E-state index contributed by atoms with van der Waals surface area (Å²) in [6.07, 6.45) is 0. The molecule has 0 aromatic carbocycles. The number of thiophene rings is 1. The summed E-state index contributed by atoms with van der Waals surface area (Å²) in [5.74, 6) is -0.0853. The lowest BCUT2D eigenvalue weighted by atomic mass is 10.0. The number of carbonyl (C=O) groups excluding carboxylic acids is 1. The van der Waals surface area contributed by atoms with Crippen LogP contribution in [-0.2, 0) is 10.0 Å². The molecule has 3 rings (SSSR count). The van der Waals surface area contributed by atoms with Crippen LogP contribution in [0.2, 0.25) is 0 Å². The Balaban J connectivity index is 2.59. The topological polar surface area (TPSA) is 84.7 Å². The van der Waals surface area contributed by atoms with Crippen molar-refractivity contribution in [1.82, 2.24) is 0 Å². The molecule has 3 heterocycles. The fraction of sp³-hybridized carbons (Fsp3) is 0.231. The second kappa shape index (κ2) is 4.28. The zero-order valence-electron chi connectivity index (χ0n) is 11.5. The average molecular weight is 325 g/mol. The van der Waals surface area contributed by atoms with Gasteiger partial charge in [0.05, 0.1) is 10.4 Å². The first-order valence-electron chi connectivity index (χ1n) is 6.02. The highest BCUT2D eigenvalue weighted by atomic mass is 32.2. The molecule has 2 aromatic rings. The number of hydrogen-bond donors (Lipinski definition) is 0. The van der Waals surface area contributed by atoms with Crippen molar-refractivity contribution in [2.24, 2.45) is 0 Å². The van der Waals surface area contributed by atoms with E-state index in [2.05, 4.69) is 0 Å². The van der Waals surface area contributed by atoms with Gasteiger partial charge in [0.2, 0.25) is 0 Å². The molecule has 0 bridgehead atoms. The van der Waals surface area contributed by atoms with Crippen molar-refractivity contribution in [1.29, 1.82) is 0 Å². The Bertz CT molecular complexity index is 936. The van der Waals surface area contributed by atoms with E-state index in [0.717, 1.165) is 4.31 Å². The number of anilines is 1. The highest BCUT2D eigenvalue weighted by Crippen LogP contribution is 2.46. The minimum absolute atomic E-state index is 0.106. The van der Waals surface area contributed by atoms with Crippen LogP contribution in [0, 0.1) is 6.92 Å². The maximum Gasteiger partial charge on any atom is 0.361 e. The first-order valence-corrected chi connectivity index (χ1v) is 8.34. The molecule has 0 aliphatic carbocycles. The maximum atomic E-state index is 12.4. The van der Waals surface area contributed by atoms with Crippen molar-refractivity contribution in [2.75, 3.05) is 11.4 Å². The number of Topliss-reactive ketones (excluding diaryl/α,β-unsaturated/α-hetero) is 1. The molecule has 0 amide bonds. The Morgan fingerprint density at radius 3 is 2.67 bits per heavy atom. The van der Waals surface area contributed by atoms with Gasteiger partial charge in [0.25, 0.3) is 10.0 Å².